The number of aliphatic carboxylic acids is 1. The average molecular weight is 238 g/mol. The number of benzene rings is 1. The summed E-state index contributed by atoms with van der Waals surface area (Å²) in [5.74, 6) is -0.853. The van der Waals surface area contributed by atoms with Crippen LogP contribution in [-0.2, 0) is 11.3 Å². The first kappa shape index (κ1) is 13.1. The first-order valence-electron chi connectivity index (χ1n) is 5.17. The second-order valence-electron chi connectivity index (χ2n) is 3.80. The number of hydrogen-bond acceptors (Lipinski definition) is 4. The van der Waals surface area contributed by atoms with Gasteiger partial charge in [0.2, 0.25) is 0 Å². The van der Waals surface area contributed by atoms with E-state index in [1.165, 1.54) is 12.1 Å². The molecule has 92 valence electrons. The summed E-state index contributed by atoms with van der Waals surface area (Å²) in [5, 5.41) is 22.0. The van der Waals surface area contributed by atoms with E-state index in [1.807, 2.05) is 0 Å². The van der Waals surface area contributed by atoms with E-state index in [9.17, 15) is 14.9 Å². The molecule has 0 aliphatic rings. The first-order valence-corrected chi connectivity index (χ1v) is 5.17. The smallest absolute Gasteiger partial charge is 0.304 e. The second kappa shape index (κ2) is 5.95. The van der Waals surface area contributed by atoms with Crippen LogP contribution in [0.2, 0.25) is 0 Å². The van der Waals surface area contributed by atoms with Crippen molar-refractivity contribution in [2.45, 2.75) is 25.9 Å². The molecule has 0 amide bonds. The maximum atomic E-state index is 10.4. The molecule has 1 aromatic carbocycles. The predicted octanol–water partition coefficient (Wildman–Crippen LogP) is 1.55. The molecular formula is C11H14N2O4. The van der Waals surface area contributed by atoms with E-state index >= 15 is 0 Å². The second-order valence-corrected chi connectivity index (χ2v) is 3.80. The van der Waals surface area contributed by atoms with E-state index in [0.29, 0.717) is 6.54 Å². The number of carboxylic acid groups (broad SMARTS) is 1. The fraction of sp³-hybridized carbons (Fsp3) is 0.364. The molecule has 0 aliphatic heterocycles. The maximum Gasteiger partial charge on any atom is 0.304 e. The van der Waals surface area contributed by atoms with Crippen molar-refractivity contribution in [3.05, 3.63) is 39.9 Å². The molecule has 6 heteroatoms. The van der Waals surface area contributed by atoms with Gasteiger partial charge >= 0.3 is 5.97 Å². The molecule has 0 bridgehead atoms. The zero-order valence-corrected chi connectivity index (χ0v) is 9.42. The normalized spacial score (nSPS) is 12.1. The number of nitro benzene ring substituents is 1. The highest BCUT2D eigenvalue weighted by molar-refractivity contribution is 5.67. The van der Waals surface area contributed by atoms with Gasteiger partial charge in [0.1, 0.15) is 0 Å². The van der Waals surface area contributed by atoms with Gasteiger partial charge in [-0.05, 0) is 12.5 Å². The van der Waals surface area contributed by atoms with Gasteiger partial charge in [0.25, 0.3) is 5.69 Å². The average Bonchev–Trinajstić information content (AvgIpc) is 2.26. The van der Waals surface area contributed by atoms with Crippen molar-refractivity contribution < 1.29 is 14.8 Å². The molecular weight excluding hydrogens is 224 g/mol. The summed E-state index contributed by atoms with van der Waals surface area (Å²) in [5.41, 5.74) is 0.931. The van der Waals surface area contributed by atoms with Gasteiger partial charge in [-0.3, -0.25) is 14.9 Å². The number of hydrogen-bond donors (Lipinski definition) is 2. The van der Waals surface area contributed by atoms with Gasteiger partial charge in [-0.25, -0.2) is 0 Å². The monoisotopic (exact) mass is 238 g/mol. The van der Waals surface area contributed by atoms with Crippen LogP contribution in [-0.4, -0.2) is 22.0 Å². The Labute approximate surface area is 98.4 Å². The Morgan fingerprint density at radius 2 is 2.06 bits per heavy atom. The van der Waals surface area contributed by atoms with E-state index in [2.05, 4.69) is 5.32 Å². The zero-order chi connectivity index (χ0) is 12.8. The lowest BCUT2D eigenvalue weighted by Gasteiger charge is -2.11. The van der Waals surface area contributed by atoms with Crippen LogP contribution in [0.15, 0.2) is 24.3 Å². The molecule has 0 spiro atoms. The van der Waals surface area contributed by atoms with Crippen molar-refractivity contribution in [1.82, 2.24) is 5.32 Å². The molecule has 0 fully saturated rings. The number of carbonyl (C=O) groups is 1. The van der Waals surface area contributed by atoms with Gasteiger partial charge in [0.15, 0.2) is 0 Å². The molecule has 1 atom stereocenters. The Kier molecular flexibility index (Phi) is 4.59. The number of non-ortho nitro benzene ring substituents is 1. The van der Waals surface area contributed by atoms with E-state index < -0.39 is 10.9 Å². The number of nitrogens with zero attached hydrogens (tertiary/aromatic N) is 1. The molecule has 1 rings (SSSR count). The lowest BCUT2D eigenvalue weighted by Crippen LogP contribution is -2.27. The van der Waals surface area contributed by atoms with Gasteiger partial charge in [-0.15, -0.1) is 0 Å². The fourth-order valence-electron chi connectivity index (χ4n) is 1.36. The Hall–Kier alpha value is -1.95. The van der Waals surface area contributed by atoms with E-state index in [1.54, 1.807) is 19.1 Å². The van der Waals surface area contributed by atoms with Crippen LogP contribution in [0.1, 0.15) is 18.9 Å². The third kappa shape index (κ3) is 4.60. The third-order valence-electron chi connectivity index (χ3n) is 2.28. The van der Waals surface area contributed by atoms with Crippen LogP contribution in [0.5, 0.6) is 0 Å². The number of nitrogens with one attached hydrogen (secondary N) is 1. The summed E-state index contributed by atoms with van der Waals surface area (Å²) in [6.45, 7) is 2.27. The highest BCUT2D eigenvalue weighted by Gasteiger charge is 2.07. The molecule has 0 heterocycles. The molecule has 0 aromatic heterocycles. The van der Waals surface area contributed by atoms with Crippen molar-refractivity contribution >= 4 is 11.7 Å². The van der Waals surface area contributed by atoms with Crippen molar-refractivity contribution in [3.63, 3.8) is 0 Å². The minimum absolute atomic E-state index is 0.0485. The largest absolute Gasteiger partial charge is 0.481 e. The van der Waals surface area contributed by atoms with Crippen molar-refractivity contribution in [2.75, 3.05) is 0 Å². The van der Waals surface area contributed by atoms with Crippen molar-refractivity contribution in [2.24, 2.45) is 0 Å². The fourth-order valence-corrected chi connectivity index (χ4v) is 1.36. The van der Waals surface area contributed by atoms with E-state index in [0.717, 1.165) is 5.56 Å². The lowest BCUT2D eigenvalue weighted by atomic mass is 10.2. The minimum atomic E-state index is -0.853. The van der Waals surface area contributed by atoms with E-state index in [-0.39, 0.29) is 18.2 Å². The summed E-state index contributed by atoms with van der Waals surface area (Å²) in [4.78, 5) is 20.4. The molecule has 0 saturated heterocycles. The molecule has 0 aliphatic carbocycles. The number of nitro groups is 1. The summed E-state index contributed by atoms with van der Waals surface area (Å²) in [7, 11) is 0. The lowest BCUT2D eigenvalue weighted by molar-refractivity contribution is -0.384. The molecule has 0 saturated carbocycles. The molecule has 6 nitrogen and oxygen atoms in total. The Bertz CT molecular complexity index is 402. The summed E-state index contributed by atoms with van der Waals surface area (Å²) in [6, 6.07) is 6.03. The van der Waals surface area contributed by atoms with Crippen molar-refractivity contribution in [3.8, 4) is 0 Å². The van der Waals surface area contributed by atoms with Gasteiger partial charge in [0.05, 0.1) is 11.3 Å². The van der Waals surface area contributed by atoms with Crippen molar-refractivity contribution in [1.29, 1.82) is 0 Å². The molecule has 1 unspecified atom stereocenters. The maximum absolute atomic E-state index is 10.4. The van der Waals surface area contributed by atoms with Crippen LogP contribution in [0.4, 0.5) is 5.69 Å². The Morgan fingerprint density at radius 1 is 1.47 bits per heavy atom. The highest BCUT2D eigenvalue weighted by atomic mass is 16.6. The van der Waals surface area contributed by atoms with E-state index in [4.69, 9.17) is 5.11 Å². The van der Waals surface area contributed by atoms with Crippen LogP contribution in [0.25, 0.3) is 0 Å². The molecule has 2 N–H and O–H groups in total. The zero-order valence-electron chi connectivity index (χ0n) is 9.42. The number of rotatable bonds is 6. The van der Waals surface area contributed by atoms with Gasteiger partial charge in [-0.2, -0.15) is 0 Å². The molecule has 1 aromatic rings. The van der Waals surface area contributed by atoms with Gasteiger partial charge < -0.3 is 10.4 Å². The highest BCUT2D eigenvalue weighted by Crippen LogP contribution is 2.11. The summed E-state index contributed by atoms with van der Waals surface area (Å²) >= 11 is 0. The van der Waals surface area contributed by atoms with Gasteiger partial charge in [0, 0.05) is 24.7 Å². The van der Waals surface area contributed by atoms with Crippen LogP contribution in [0.3, 0.4) is 0 Å². The van der Waals surface area contributed by atoms with Crippen LogP contribution < -0.4 is 5.32 Å². The Balaban J connectivity index is 2.47. The SMILES string of the molecule is CC(CC(=O)O)NCc1ccc([N+](=O)[O-])cc1. The van der Waals surface area contributed by atoms with Crippen LogP contribution >= 0.6 is 0 Å². The standard InChI is InChI=1S/C11H14N2O4/c1-8(6-11(14)15)12-7-9-2-4-10(5-3-9)13(16)17/h2-5,8,12H,6-7H2,1H3,(H,14,15). The molecule has 0 radical (unpaired) electrons. The minimum Gasteiger partial charge on any atom is -0.481 e. The summed E-state index contributed by atoms with van der Waals surface area (Å²) in [6.07, 6.45) is 0.0486. The van der Waals surface area contributed by atoms with Crippen LogP contribution in [0, 0.1) is 10.1 Å². The quantitative estimate of drug-likeness (QED) is 0.579. The topological polar surface area (TPSA) is 92.5 Å². The van der Waals surface area contributed by atoms with Gasteiger partial charge in [-0.1, -0.05) is 12.1 Å². The molecule has 17 heavy (non-hydrogen) atoms. The predicted molar refractivity (Wildman–Crippen MR) is 61.7 cm³/mol. The first-order chi connectivity index (χ1) is 7.99. The summed E-state index contributed by atoms with van der Waals surface area (Å²) < 4.78 is 0. The number of carboxylic acids is 1. The third-order valence-corrected chi connectivity index (χ3v) is 2.28. The Morgan fingerprint density at radius 3 is 2.53 bits per heavy atom.